The Bertz CT molecular complexity index is 939. The molecule has 1 aromatic heterocycles. The molecule has 3 heterocycles. The van der Waals surface area contributed by atoms with Crippen LogP contribution in [-0.4, -0.2) is 51.7 Å². The van der Waals surface area contributed by atoms with Gasteiger partial charge in [-0.1, -0.05) is 19.9 Å². The summed E-state index contributed by atoms with van der Waals surface area (Å²) >= 11 is 0. The molecule has 4 rings (SSSR count). The number of hydrogen-bond donors (Lipinski definition) is 2. The molecule has 0 radical (unpaired) electrons. The molecular formula is C22H33BN4O3. The molecule has 2 aliphatic heterocycles. The summed E-state index contributed by atoms with van der Waals surface area (Å²) in [5.74, 6) is 0.931. The molecule has 2 aromatic rings. The fourth-order valence-corrected chi connectivity index (χ4v) is 4.12. The minimum atomic E-state index is -0.482. The summed E-state index contributed by atoms with van der Waals surface area (Å²) < 4.78 is 12.4. The van der Waals surface area contributed by atoms with Gasteiger partial charge in [0.15, 0.2) is 0 Å². The number of nitrogens with two attached hydrogens (primary N) is 1. The van der Waals surface area contributed by atoms with Crippen LogP contribution in [0, 0.1) is 5.92 Å². The van der Waals surface area contributed by atoms with Crippen molar-refractivity contribution in [3.05, 3.63) is 24.0 Å². The molecule has 162 valence electrons. The number of H-pyrrole nitrogens is 1. The Morgan fingerprint density at radius 3 is 2.57 bits per heavy atom. The summed E-state index contributed by atoms with van der Waals surface area (Å²) in [6.45, 7) is 12.9. The largest absolute Gasteiger partial charge is 0.494 e. The number of carbonyl (C=O) groups excluding carboxylic acids is 1. The number of aromatic nitrogens is 2. The quantitative estimate of drug-likeness (QED) is 0.753. The SMILES string of the molecule is CC(C)C(N)C(=O)N1CCC[C@H]1c1nc2ccc(B3OC(C)(C)C(C)(C)O3)cc2[nH]1. The lowest BCUT2D eigenvalue weighted by atomic mass is 9.79. The predicted octanol–water partition coefficient (Wildman–Crippen LogP) is 2.51. The Labute approximate surface area is 178 Å². The Morgan fingerprint density at radius 1 is 1.27 bits per heavy atom. The van der Waals surface area contributed by atoms with Crippen molar-refractivity contribution >= 4 is 29.5 Å². The molecule has 3 N–H and O–H groups in total. The third kappa shape index (κ3) is 3.55. The molecule has 2 atom stereocenters. The molecule has 1 amide bonds. The fourth-order valence-electron chi connectivity index (χ4n) is 4.12. The molecular weight excluding hydrogens is 379 g/mol. The van der Waals surface area contributed by atoms with Crippen molar-refractivity contribution in [1.29, 1.82) is 0 Å². The average Bonchev–Trinajstić information content (AvgIpc) is 3.35. The molecule has 0 spiro atoms. The van der Waals surface area contributed by atoms with Gasteiger partial charge in [0.25, 0.3) is 0 Å². The zero-order valence-electron chi connectivity index (χ0n) is 18.9. The maximum atomic E-state index is 12.9. The molecule has 2 aliphatic rings. The molecule has 2 saturated heterocycles. The molecule has 0 saturated carbocycles. The van der Waals surface area contributed by atoms with Crippen LogP contribution in [0.1, 0.15) is 66.3 Å². The zero-order valence-corrected chi connectivity index (χ0v) is 18.9. The Hall–Kier alpha value is -1.90. The van der Waals surface area contributed by atoms with Crippen LogP contribution < -0.4 is 11.2 Å². The number of amides is 1. The Kier molecular flexibility index (Phi) is 5.23. The van der Waals surface area contributed by atoms with Crippen molar-refractivity contribution in [2.24, 2.45) is 11.7 Å². The maximum Gasteiger partial charge on any atom is 0.494 e. The smallest absolute Gasteiger partial charge is 0.399 e. The van der Waals surface area contributed by atoms with E-state index in [-0.39, 0.29) is 29.1 Å². The van der Waals surface area contributed by atoms with E-state index in [0.717, 1.165) is 41.7 Å². The summed E-state index contributed by atoms with van der Waals surface area (Å²) in [5, 5.41) is 0. The summed E-state index contributed by atoms with van der Waals surface area (Å²) in [6, 6.07) is 5.48. The first kappa shape index (κ1) is 21.3. The second-order valence-corrected chi connectivity index (χ2v) is 9.95. The number of nitrogens with zero attached hydrogens (tertiary/aromatic N) is 2. The lowest BCUT2D eigenvalue weighted by molar-refractivity contribution is -0.134. The first-order chi connectivity index (χ1) is 14.0. The highest BCUT2D eigenvalue weighted by Crippen LogP contribution is 2.37. The fraction of sp³-hybridized carbons (Fsp3) is 0.636. The standard InChI is InChI=1S/C22H33BN4O3/c1-13(2)18(24)20(28)27-11-7-8-17(27)19-25-15-10-9-14(12-16(15)26-19)23-29-21(3,4)22(5,6)30-23/h9-10,12-13,17-18H,7-8,11,24H2,1-6H3,(H,25,26)/t17-,18?/m0/s1. The van der Waals surface area contributed by atoms with Crippen molar-refractivity contribution < 1.29 is 14.1 Å². The molecule has 30 heavy (non-hydrogen) atoms. The molecule has 1 aromatic carbocycles. The van der Waals surface area contributed by atoms with E-state index in [0.29, 0.717) is 0 Å². The normalized spacial score (nSPS) is 24.2. The van der Waals surface area contributed by atoms with Crippen molar-refractivity contribution in [3.8, 4) is 0 Å². The molecule has 7 nitrogen and oxygen atoms in total. The van der Waals surface area contributed by atoms with Gasteiger partial charge in [-0.3, -0.25) is 4.79 Å². The van der Waals surface area contributed by atoms with E-state index >= 15 is 0 Å². The first-order valence-electron chi connectivity index (χ1n) is 10.9. The Balaban J connectivity index is 1.59. The minimum Gasteiger partial charge on any atom is -0.399 e. The van der Waals surface area contributed by atoms with Gasteiger partial charge in [-0.2, -0.15) is 0 Å². The number of carbonyl (C=O) groups is 1. The Morgan fingerprint density at radius 2 is 1.93 bits per heavy atom. The maximum absolute atomic E-state index is 12.9. The highest BCUT2D eigenvalue weighted by Gasteiger charge is 2.51. The van der Waals surface area contributed by atoms with Gasteiger partial charge in [-0.25, -0.2) is 4.98 Å². The van der Waals surface area contributed by atoms with E-state index in [1.807, 2.05) is 64.6 Å². The number of fused-ring (bicyclic) bond motifs is 1. The summed E-state index contributed by atoms with van der Waals surface area (Å²) in [5.41, 5.74) is 8.12. The van der Waals surface area contributed by atoms with E-state index in [9.17, 15) is 4.79 Å². The van der Waals surface area contributed by atoms with Crippen LogP contribution in [0.2, 0.25) is 0 Å². The molecule has 8 heteroatoms. The van der Waals surface area contributed by atoms with Gasteiger partial charge >= 0.3 is 7.12 Å². The number of likely N-dealkylation sites (tertiary alicyclic amines) is 1. The number of rotatable bonds is 4. The van der Waals surface area contributed by atoms with Gasteiger partial charge in [-0.15, -0.1) is 0 Å². The van der Waals surface area contributed by atoms with Crippen LogP contribution in [-0.2, 0) is 14.1 Å². The van der Waals surface area contributed by atoms with Gasteiger partial charge in [0.1, 0.15) is 5.82 Å². The van der Waals surface area contributed by atoms with Gasteiger partial charge < -0.3 is 24.9 Å². The third-order valence-corrected chi connectivity index (χ3v) is 6.90. The van der Waals surface area contributed by atoms with Crippen LogP contribution in [0.5, 0.6) is 0 Å². The number of imidazole rings is 1. The van der Waals surface area contributed by atoms with Crippen LogP contribution >= 0.6 is 0 Å². The predicted molar refractivity (Wildman–Crippen MR) is 118 cm³/mol. The van der Waals surface area contributed by atoms with Gasteiger partial charge in [0.05, 0.1) is 34.3 Å². The van der Waals surface area contributed by atoms with Crippen molar-refractivity contribution in [2.45, 2.75) is 77.7 Å². The van der Waals surface area contributed by atoms with Crippen LogP contribution in [0.4, 0.5) is 0 Å². The molecule has 0 bridgehead atoms. The number of nitrogens with one attached hydrogen (secondary N) is 1. The lowest BCUT2D eigenvalue weighted by Crippen LogP contribution is -2.46. The van der Waals surface area contributed by atoms with E-state index in [1.54, 1.807) is 0 Å². The molecule has 0 aliphatic carbocycles. The van der Waals surface area contributed by atoms with Crippen molar-refractivity contribution in [1.82, 2.24) is 14.9 Å². The van der Waals surface area contributed by atoms with Gasteiger partial charge in [0.2, 0.25) is 5.91 Å². The van der Waals surface area contributed by atoms with Crippen molar-refractivity contribution in [2.75, 3.05) is 6.54 Å². The van der Waals surface area contributed by atoms with Crippen LogP contribution in [0.15, 0.2) is 18.2 Å². The number of benzene rings is 1. The average molecular weight is 412 g/mol. The van der Waals surface area contributed by atoms with Gasteiger partial charge in [0, 0.05) is 6.54 Å². The minimum absolute atomic E-state index is 0.00543. The summed E-state index contributed by atoms with van der Waals surface area (Å²) in [6.07, 6.45) is 1.85. The van der Waals surface area contributed by atoms with E-state index in [1.165, 1.54) is 0 Å². The number of hydrogen-bond acceptors (Lipinski definition) is 5. The summed E-state index contributed by atoms with van der Waals surface area (Å²) in [4.78, 5) is 23.0. The lowest BCUT2D eigenvalue weighted by Gasteiger charge is -2.32. The first-order valence-corrected chi connectivity index (χ1v) is 10.9. The summed E-state index contributed by atoms with van der Waals surface area (Å²) in [7, 11) is -0.417. The second kappa shape index (κ2) is 7.36. The highest BCUT2D eigenvalue weighted by atomic mass is 16.7. The van der Waals surface area contributed by atoms with E-state index in [4.69, 9.17) is 20.0 Å². The van der Waals surface area contributed by atoms with E-state index < -0.39 is 13.2 Å². The second-order valence-electron chi connectivity index (χ2n) is 9.95. The monoisotopic (exact) mass is 412 g/mol. The third-order valence-electron chi connectivity index (χ3n) is 6.90. The highest BCUT2D eigenvalue weighted by molar-refractivity contribution is 6.62. The van der Waals surface area contributed by atoms with Crippen LogP contribution in [0.25, 0.3) is 11.0 Å². The van der Waals surface area contributed by atoms with Crippen molar-refractivity contribution in [3.63, 3.8) is 0 Å². The molecule has 1 unspecified atom stereocenters. The number of aromatic amines is 1. The van der Waals surface area contributed by atoms with Crippen LogP contribution in [0.3, 0.4) is 0 Å². The van der Waals surface area contributed by atoms with Gasteiger partial charge in [-0.05, 0) is 64.1 Å². The topological polar surface area (TPSA) is 93.5 Å². The van der Waals surface area contributed by atoms with E-state index in [2.05, 4.69) is 4.98 Å². The molecule has 2 fully saturated rings. The zero-order chi connectivity index (χ0) is 21.8.